The lowest BCUT2D eigenvalue weighted by Gasteiger charge is -2.33. The van der Waals surface area contributed by atoms with Gasteiger partial charge in [0.15, 0.2) is 0 Å². The van der Waals surface area contributed by atoms with Crippen molar-refractivity contribution in [1.29, 1.82) is 0 Å². The Morgan fingerprint density at radius 3 is 1.11 bits per heavy atom. The monoisotopic (exact) mass is 394 g/mol. The van der Waals surface area contributed by atoms with Gasteiger partial charge in [-0.1, -0.05) is 137 Å². The van der Waals surface area contributed by atoms with Crippen LogP contribution in [-0.4, -0.2) is 16.1 Å². The van der Waals surface area contributed by atoms with E-state index in [9.17, 15) is 0 Å². The van der Waals surface area contributed by atoms with Gasteiger partial charge in [-0.15, -0.1) is 0 Å². The zero-order chi connectivity index (χ0) is 19.9. The maximum atomic E-state index is 3.93. The second kappa shape index (κ2) is 9.88. The van der Waals surface area contributed by atoms with Gasteiger partial charge in [0.25, 0.3) is 0 Å². The van der Waals surface area contributed by atoms with E-state index in [-0.39, 0.29) is 0 Å². The number of benzene rings is 2. The van der Waals surface area contributed by atoms with Crippen LogP contribution in [0.15, 0.2) is 48.5 Å². The summed E-state index contributed by atoms with van der Waals surface area (Å²) in [4.78, 5) is 0. The Morgan fingerprint density at radius 1 is 0.519 bits per heavy atom. The van der Waals surface area contributed by atoms with Crippen molar-refractivity contribution >= 4 is 26.5 Å². The van der Waals surface area contributed by atoms with Crippen molar-refractivity contribution in [1.82, 2.24) is 0 Å². The van der Waals surface area contributed by atoms with Crippen LogP contribution in [0.1, 0.15) is 52.7 Å². The first kappa shape index (κ1) is 22.2. The summed E-state index contributed by atoms with van der Waals surface area (Å²) in [6.45, 7) is 14.4. The Morgan fingerprint density at radius 2 is 0.815 bits per heavy atom. The lowest BCUT2D eigenvalue weighted by molar-refractivity contribution is 1.19. The Kier molecular flexibility index (Phi) is 8.11. The van der Waals surface area contributed by atoms with Crippen LogP contribution in [0.2, 0.25) is 36.3 Å². The molecule has 0 amide bonds. The predicted octanol–water partition coefficient (Wildman–Crippen LogP) is 6.60. The maximum Gasteiger partial charge on any atom is 0.0863 e. The molecule has 2 radical (unpaired) electrons. The molecule has 0 aliphatic rings. The normalized spacial score (nSPS) is 12.4. The minimum atomic E-state index is -1.43. The van der Waals surface area contributed by atoms with Crippen molar-refractivity contribution in [2.45, 2.75) is 77.8 Å². The van der Waals surface area contributed by atoms with Crippen molar-refractivity contribution in [3.63, 3.8) is 0 Å². The van der Waals surface area contributed by atoms with Crippen molar-refractivity contribution in [3.8, 4) is 0 Å². The second-order valence-electron chi connectivity index (χ2n) is 7.90. The average molecular weight is 395 g/mol. The highest BCUT2D eigenvalue weighted by Crippen LogP contribution is 2.26. The van der Waals surface area contributed by atoms with Crippen LogP contribution in [0, 0.1) is 6.42 Å². The van der Waals surface area contributed by atoms with E-state index in [1.165, 1.54) is 47.4 Å². The van der Waals surface area contributed by atoms with Gasteiger partial charge in [0.2, 0.25) is 0 Å². The van der Waals surface area contributed by atoms with Crippen LogP contribution < -0.4 is 10.4 Å². The molecule has 0 heterocycles. The van der Waals surface area contributed by atoms with Gasteiger partial charge < -0.3 is 0 Å². The molecule has 0 N–H and O–H groups in total. The summed E-state index contributed by atoms with van der Waals surface area (Å²) in [5, 5.41) is 3.23. The van der Waals surface area contributed by atoms with E-state index in [1.807, 2.05) is 0 Å². The summed E-state index contributed by atoms with van der Waals surface area (Å²) >= 11 is 0. The van der Waals surface area contributed by atoms with Crippen LogP contribution in [-0.2, 0) is 0 Å². The molecule has 0 nitrogen and oxygen atoms in total. The fraction of sp³-hybridized carbons (Fsp3) is 0.480. The molecule has 0 aliphatic heterocycles. The van der Waals surface area contributed by atoms with Crippen LogP contribution in [0.5, 0.6) is 0 Å². The maximum absolute atomic E-state index is 3.93. The Labute approximate surface area is 170 Å². The van der Waals surface area contributed by atoms with E-state index in [0.717, 1.165) is 0 Å². The minimum Gasteiger partial charge on any atom is -0.0675 e. The first-order chi connectivity index (χ1) is 13.1. The smallest absolute Gasteiger partial charge is 0.0675 e. The molecule has 0 atom stereocenters. The van der Waals surface area contributed by atoms with Gasteiger partial charge in [-0.25, -0.2) is 0 Å². The van der Waals surface area contributed by atoms with E-state index < -0.39 is 16.1 Å². The zero-order valence-corrected chi connectivity index (χ0v) is 20.4. The molecule has 2 aromatic rings. The average Bonchev–Trinajstić information content (AvgIpc) is 2.73. The quantitative estimate of drug-likeness (QED) is 0.398. The molecular weight excluding hydrogens is 356 g/mol. The third kappa shape index (κ3) is 4.32. The van der Waals surface area contributed by atoms with Crippen LogP contribution in [0.3, 0.4) is 0 Å². The van der Waals surface area contributed by atoms with Gasteiger partial charge in [0.05, 0.1) is 16.1 Å². The van der Waals surface area contributed by atoms with E-state index in [4.69, 9.17) is 0 Å². The first-order valence-electron chi connectivity index (χ1n) is 11.0. The summed E-state index contributed by atoms with van der Waals surface area (Å²) in [5.41, 5.74) is 2.71. The molecule has 0 unspecified atom stereocenters. The molecule has 0 aliphatic carbocycles. The van der Waals surface area contributed by atoms with Crippen LogP contribution >= 0.6 is 0 Å². The first-order valence-corrected chi connectivity index (χ1v) is 16.3. The van der Waals surface area contributed by atoms with E-state index >= 15 is 0 Å². The van der Waals surface area contributed by atoms with Gasteiger partial charge in [-0.3, -0.25) is 0 Å². The van der Waals surface area contributed by atoms with Crippen molar-refractivity contribution in [2.75, 3.05) is 0 Å². The van der Waals surface area contributed by atoms with Gasteiger partial charge in [-0.2, -0.15) is 0 Å². The molecule has 0 saturated heterocycles. The fourth-order valence-corrected chi connectivity index (χ4v) is 12.5. The van der Waals surface area contributed by atoms with Gasteiger partial charge >= 0.3 is 0 Å². The third-order valence-corrected chi connectivity index (χ3v) is 18.6. The molecule has 2 heteroatoms. The van der Waals surface area contributed by atoms with Crippen LogP contribution in [0.25, 0.3) is 0 Å². The molecule has 0 aromatic heterocycles. The topological polar surface area (TPSA) is 0 Å². The molecule has 27 heavy (non-hydrogen) atoms. The van der Waals surface area contributed by atoms with Gasteiger partial charge in [-0.05, 0) is 11.1 Å². The number of rotatable bonds is 10. The Bertz CT molecular complexity index is 634. The predicted molar refractivity (Wildman–Crippen MR) is 128 cm³/mol. The molecular formula is C25H38Si2. The van der Waals surface area contributed by atoms with Crippen molar-refractivity contribution < 1.29 is 0 Å². The SMILES string of the molecule is CC[Si](CC)(CC)c1ccccc1[C]c1ccccc1[Si](CC)(CC)CC. The van der Waals surface area contributed by atoms with E-state index in [0.29, 0.717) is 0 Å². The summed E-state index contributed by atoms with van der Waals surface area (Å²) in [5.74, 6) is 0. The Hall–Kier alpha value is -1.13. The zero-order valence-electron chi connectivity index (χ0n) is 18.4. The lowest BCUT2D eigenvalue weighted by atomic mass is 10.0. The molecule has 0 fully saturated rings. The molecule has 0 bridgehead atoms. The summed E-state index contributed by atoms with van der Waals surface area (Å²) in [6.07, 6.45) is 3.93. The highest BCUT2D eigenvalue weighted by molar-refractivity contribution is 6.92. The van der Waals surface area contributed by atoms with Crippen molar-refractivity contribution in [2.24, 2.45) is 0 Å². The number of hydrogen-bond acceptors (Lipinski definition) is 0. The summed E-state index contributed by atoms with van der Waals surface area (Å²) in [7, 11) is -2.86. The standard InChI is InChI=1S/C25H38Si2/c1-7-26(8-2,9-3)24-19-15-13-17-22(24)21-23-18-14-16-20-25(23)27(10-4,11-5)12-6/h13-20H,7-12H2,1-6H3. The number of hydrogen-bond donors (Lipinski definition) is 0. The van der Waals surface area contributed by atoms with Gasteiger partial charge in [0.1, 0.15) is 0 Å². The minimum absolute atomic E-state index is 1.32. The largest absolute Gasteiger partial charge is 0.0863 e. The molecule has 2 aromatic carbocycles. The molecule has 146 valence electrons. The fourth-order valence-electron chi connectivity index (χ4n) is 4.90. The highest BCUT2D eigenvalue weighted by Gasteiger charge is 2.33. The molecule has 2 rings (SSSR count). The molecule has 0 saturated carbocycles. The third-order valence-electron chi connectivity index (χ3n) is 7.33. The van der Waals surface area contributed by atoms with E-state index in [1.54, 1.807) is 10.4 Å². The van der Waals surface area contributed by atoms with E-state index in [2.05, 4.69) is 96.5 Å². The van der Waals surface area contributed by atoms with Crippen LogP contribution in [0.4, 0.5) is 0 Å². The van der Waals surface area contributed by atoms with Crippen molar-refractivity contribution in [3.05, 3.63) is 66.1 Å². The Balaban J connectivity index is 2.55. The lowest BCUT2D eigenvalue weighted by Crippen LogP contribution is -2.49. The van der Waals surface area contributed by atoms with Gasteiger partial charge in [0, 0.05) is 6.42 Å². The summed E-state index contributed by atoms with van der Waals surface area (Å²) < 4.78 is 0. The highest BCUT2D eigenvalue weighted by atomic mass is 28.3. The molecule has 0 spiro atoms. The summed E-state index contributed by atoms with van der Waals surface area (Å²) in [6, 6.07) is 26.2. The second-order valence-corrected chi connectivity index (χ2v) is 18.3.